The number of aromatic nitrogens is 2. The molecule has 5 nitrogen and oxygen atoms in total. The number of piperidine rings is 1. The summed E-state index contributed by atoms with van der Waals surface area (Å²) < 4.78 is 1.82. The van der Waals surface area contributed by atoms with Gasteiger partial charge in [0.1, 0.15) is 0 Å². The van der Waals surface area contributed by atoms with Crippen molar-refractivity contribution in [1.82, 2.24) is 14.7 Å². The standard InChI is InChI=1S/C18H24N4O/c1-13-11-17(20-22(13)16-8-4-3-5-9-16)18(23)21-10-6-7-15(12-21)14(2)19/h3-5,8-9,11,14-15H,6-7,10,12,19H2,1-2H3/t14-,15+/m0/s1. The molecule has 2 atom stereocenters. The summed E-state index contributed by atoms with van der Waals surface area (Å²) in [6.07, 6.45) is 2.11. The van der Waals surface area contributed by atoms with Crippen LogP contribution in [-0.4, -0.2) is 39.7 Å². The Morgan fingerprint density at radius 3 is 2.78 bits per heavy atom. The summed E-state index contributed by atoms with van der Waals surface area (Å²) >= 11 is 0. The fourth-order valence-electron chi connectivity index (χ4n) is 3.20. The topological polar surface area (TPSA) is 64.2 Å². The lowest BCUT2D eigenvalue weighted by Crippen LogP contribution is -2.45. The number of para-hydroxylation sites is 1. The molecule has 0 bridgehead atoms. The molecular weight excluding hydrogens is 288 g/mol. The minimum atomic E-state index is 0.00753. The third-order valence-corrected chi connectivity index (χ3v) is 4.60. The van der Waals surface area contributed by atoms with Gasteiger partial charge in [0, 0.05) is 24.8 Å². The molecule has 0 radical (unpaired) electrons. The van der Waals surface area contributed by atoms with Gasteiger partial charge in [0.05, 0.1) is 5.69 Å². The van der Waals surface area contributed by atoms with Crippen molar-refractivity contribution in [1.29, 1.82) is 0 Å². The molecule has 5 heteroatoms. The van der Waals surface area contributed by atoms with Crippen molar-refractivity contribution in [2.45, 2.75) is 32.7 Å². The number of benzene rings is 1. The maximum absolute atomic E-state index is 12.8. The molecule has 1 fully saturated rings. The quantitative estimate of drug-likeness (QED) is 0.946. The van der Waals surface area contributed by atoms with E-state index in [9.17, 15) is 4.79 Å². The lowest BCUT2D eigenvalue weighted by Gasteiger charge is -2.34. The van der Waals surface area contributed by atoms with Crippen LogP contribution in [0.3, 0.4) is 0 Å². The van der Waals surface area contributed by atoms with E-state index in [0.29, 0.717) is 11.6 Å². The van der Waals surface area contributed by atoms with Crippen LogP contribution in [0, 0.1) is 12.8 Å². The van der Waals surface area contributed by atoms with E-state index < -0.39 is 0 Å². The Hall–Kier alpha value is -2.14. The number of carbonyl (C=O) groups excluding carboxylic acids is 1. The van der Waals surface area contributed by atoms with Gasteiger partial charge in [0.2, 0.25) is 0 Å². The Kier molecular flexibility index (Phi) is 4.48. The monoisotopic (exact) mass is 312 g/mol. The summed E-state index contributed by atoms with van der Waals surface area (Å²) in [5.74, 6) is 0.387. The number of nitrogens with zero attached hydrogens (tertiary/aromatic N) is 3. The van der Waals surface area contributed by atoms with E-state index in [1.807, 2.05) is 59.8 Å². The molecule has 1 aliphatic rings. The Labute approximate surface area is 137 Å². The number of likely N-dealkylation sites (tertiary alicyclic amines) is 1. The van der Waals surface area contributed by atoms with E-state index in [4.69, 9.17) is 5.73 Å². The third-order valence-electron chi connectivity index (χ3n) is 4.60. The molecule has 0 spiro atoms. The number of aryl methyl sites for hydroxylation is 1. The van der Waals surface area contributed by atoms with Crippen molar-refractivity contribution in [2.75, 3.05) is 13.1 Å². The average Bonchev–Trinajstić information content (AvgIpc) is 2.97. The highest BCUT2D eigenvalue weighted by atomic mass is 16.2. The number of nitrogens with two attached hydrogens (primary N) is 1. The normalized spacial score (nSPS) is 19.6. The van der Waals surface area contributed by atoms with Crippen molar-refractivity contribution >= 4 is 5.91 Å². The number of carbonyl (C=O) groups is 1. The second kappa shape index (κ2) is 6.54. The van der Waals surface area contributed by atoms with Crippen molar-refractivity contribution in [3.05, 3.63) is 47.8 Å². The fourth-order valence-corrected chi connectivity index (χ4v) is 3.20. The first-order valence-electron chi connectivity index (χ1n) is 8.23. The number of hydrogen-bond donors (Lipinski definition) is 1. The Morgan fingerprint density at radius 1 is 1.35 bits per heavy atom. The SMILES string of the molecule is Cc1cc(C(=O)N2CCC[C@@H]([C@H](C)N)C2)nn1-c1ccccc1. The van der Waals surface area contributed by atoms with Crippen molar-refractivity contribution in [3.8, 4) is 5.69 Å². The minimum absolute atomic E-state index is 0.00753. The van der Waals surface area contributed by atoms with E-state index in [1.54, 1.807) is 0 Å². The second-order valence-electron chi connectivity index (χ2n) is 6.43. The van der Waals surface area contributed by atoms with E-state index in [2.05, 4.69) is 5.10 Å². The number of rotatable bonds is 3. The van der Waals surface area contributed by atoms with Crippen LogP contribution in [0.15, 0.2) is 36.4 Å². The Bertz CT molecular complexity index is 678. The van der Waals surface area contributed by atoms with Gasteiger partial charge >= 0.3 is 0 Å². The van der Waals surface area contributed by atoms with Crippen molar-refractivity contribution < 1.29 is 4.79 Å². The third kappa shape index (κ3) is 3.29. The maximum Gasteiger partial charge on any atom is 0.274 e. The van der Waals surface area contributed by atoms with Gasteiger partial charge < -0.3 is 10.6 Å². The minimum Gasteiger partial charge on any atom is -0.337 e. The summed E-state index contributed by atoms with van der Waals surface area (Å²) in [4.78, 5) is 14.7. The largest absolute Gasteiger partial charge is 0.337 e. The van der Waals surface area contributed by atoms with E-state index in [1.165, 1.54) is 0 Å². The first-order chi connectivity index (χ1) is 11.1. The highest BCUT2D eigenvalue weighted by Gasteiger charge is 2.28. The van der Waals surface area contributed by atoms with Gasteiger partial charge in [-0.1, -0.05) is 18.2 Å². The van der Waals surface area contributed by atoms with Gasteiger partial charge in [-0.2, -0.15) is 5.10 Å². The maximum atomic E-state index is 12.8. The molecule has 3 rings (SSSR count). The molecule has 122 valence electrons. The van der Waals surface area contributed by atoms with E-state index in [-0.39, 0.29) is 11.9 Å². The number of amides is 1. The zero-order valence-electron chi connectivity index (χ0n) is 13.8. The zero-order valence-corrected chi connectivity index (χ0v) is 13.8. The lowest BCUT2D eigenvalue weighted by atomic mass is 9.92. The van der Waals surface area contributed by atoms with E-state index in [0.717, 1.165) is 37.3 Å². The number of hydrogen-bond acceptors (Lipinski definition) is 3. The summed E-state index contributed by atoms with van der Waals surface area (Å²) in [6, 6.07) is 11.9. The van der Waals surface area contributed by atoms with E-state index >= 15 is 0 Å². The second-order valence-corrected chi connectivity index (χ2v) is 6.43. The van der Waals surface area contributed by atoms with Gasteiger partial charge in [-0.05, 0) is 50.8 Å². The molecule has 2 N–H and O–H groups in total. The molecule has 23 heavy (non-hydrogen) atoms. The van der Waals surface area contributed by atoms with Crippen LogP contribution in [0.25, 0.3) is 5.69 Å². The molecule has 0 unspecified atom stereocenters. The summed E-state index contributed by atoms with van der Waals surface area (Å²) in [6.45, 7) is 5.51. The first-order valence-corrected chi connectivity index (χ1v) is 8.23. The van der Waals surface area contributed by atoms with Crippen molar-refractivity contribution in [2.24, 2.45) is 11.7 Å². The predicted molar refractivity (Wildman–Crippen MR) is 90.6 cm³/mol. The molecule has 1 amide bonds. The Morgan fingerprint density at radius 2 is 2.09 bits per heavy atom. The Balaban J connectivity index is 1.81. The molecule has 0 aliphatic carbocycles. The molecule has 1 aliphatic heterocycles. The van der Waals surface area contributed by atoms with Gasteiger partial charge in [-0.15, -0.1) is 0 Å². The lowest BCUT2D eigenvalue weighted by molar-refractivity contribution is 0.0654. The fraction of sp³-hybridized carbons (Fsp3) is 0.444. The molecule has 2 heterocycles. The smallest absolute Gasteiger partial charge is 0.274 e. The highest BCUT2D eigenvalue weighted by Crippen LogP contribution is 2.21. The van der Waals surface area contributed by atoms with Crippen molar-refractivity contribution in [3.63, 3.8) is 0 Å². The molecule has 1 aromatic carbocycles. The van der Waals surface area contributed by atoms with Gasteiger partial charge in [0.15, 0.2) is 5.69 Å². The van der Waals surface area contributed by atoms with Crippen LogP contribution in [0.4, 0.5) is 0 Å². The molecule has 0 saturated carbocycles. The summed E-state index contributed by atoms with van der Waals surface area (Å²) in [5, 5.41) is 4.52. The first kappa shape index (κ1) is 15.7. The predicted octanol–water partition coefficient (Wildman–Crippen LogP) is 2.38. The van der Waals surface area contributed by atoms with Crippen LogP contribution in [0.2, 0.25) is 0 Å². The van der Waals surface area contributed by atoms with Crippen LogP contribution in [0.5, 0.6) is 0 Å². The summed E-state index contributed by atoms with van der Waals surface area (Å²) in [7, 11) is 0. The van der Waals surface area contributed by atoms with Crippen LogP contribution in [0.1, 0.15) is 35.9 Å². The molecular formula is C18H24N4O. The molecule has 1 aromatic heterocycles. The van der Waals surface area contributed by atoms with Crippen LogP contribution >= 0.6 is 0 Å². The molecule has 1 saturated heterocycles. The average molecular weight is 312 g/mol. The highest BCUT2D eigenvalue weighted by molar-refractivity contribution is 5.92. The van der Waals surface area contributed by atoms with Crippen LogP contribution in [-0.2, 0) is 0 Å². The van der Waals surface area contributed by atoms with Crippen LogP contribution < -0.4 is 5.73 Å². The van der Waals surface area contributed by atoms with Gasteiger partial charge in [-0.25, -0.2) is 4.68 Å². The van der Waals surface area contributed by atoms with Gasteiger partial charge in [0.25, 0.3) is 5.91 Å². The van der Waals surface area contributed by atoms with Gasteiger partial charge in [-0.3, -0.25) is 4.79 Å². The zero-order chi connectivity index (χ0) is 16.4. The summed E-state index contributed by atoms with van der Waals surface area (Å²) in [5.41, 5.74) is 8.45. The molecule has 2 aromatic rings.